The Morgan fingerprint density at radius 1 is 1.45 bits per heavy atom. The molecule has 0 bridgehead atoms. The first-order valence-corrected chi connectivity index (χ1v) is 6.81. The first kappa shape index (κ1) is 14.3. The highest BCUT2D eigenvalue weighted by Gasteiger charge is 2.36. The van der Waals surface area contributed by atoms with Gasteiger partial charge in [-0.15, -0.1) is 0 Å². The molecule has 3 rings (SSSR count). The Hall–Kier alpha value is -2.62. The summed E-state index contributed by atoms with van der Waals surface area (Å²) in [5.74, 6) is 0.953. The molecule has 0 saturated carbocycles. The van der Waals surface area contributed by atoms with Gasteiger partial charge in [0.25, 0.3) is 6.43 Å². The summed E-state index contributed by atoms with van der Waals surface area (Å²) >= 11 is 0. The number of benzene rings is 1. The van der Waals surface area contributed by atoms with Crippen LogP contribution in [0.15, 0.2) is 30.5 Å². The minimum Gasteiger partial charge on any atom is -0.496 e. The minimum absolute atomic E-state index is 0.164. The molecule has 5 nitrogen and oxygen atoms in total. The number of nitriles is 1. The zero-order valence-corrected chi connectivity index (χ0v) is 11.8. The number of ether oxygens (including phenoxy) is 1. The Morgan fingerprint density at radius 2 is 2.23 bits per heavy atom. The van der Waals surface area contributed by atoms with Gasteiger partial charge in [0.05, 0.1) is 19.3 Å². The molecule has 22 heavy (non-hydrogen) atoms. The fourth-order valence-electron chi connectivity index (χ4n) is 2.77. The molecule has 2 heterocycles. The average Bonchev–Trinajstić information content (AvgIpc) is 2.96. The molecule has 0 spiro atoms. The summed E-state index contributed by atoms with van der Waals surface area (Å²) in [6.07, 6.45) is -1.09. The largest absolute Gasteiger partial charge is 0.496 e. The Labute approximate surface area is 126 Å². The number of methoxy groups -OCH3 is 1. The number of rotatable bonds is 3. The van der Waals surface area contributed by atoms with Crippen LogP contribution < -0.4 is 10.1 Å². The van der Waals surface area contributed by atoms with Crippen LogP contribution in [0.3, 0.4) is 0 Å². The number of para-hydroxylation sites is 1. The molecular weight excluding hydrogens is 290 g/mol. The zero-order valence-electron chi connectivity index (χ0n) is 11.8. The van der Waals surface area contributed by atoms with E-state index in [1.54, 1.807) is 6.07 Å². The highest BCUT2D eigenvalue weighted by atomic mass is 19.3. The van der Waals surface area contributed by atoms with Gasteiger partial charge in [0.2, 0.25) is 0 Å². The number of hydrogen-bond donors (Lipinski definition) is 1. The summed E-state index contributed by atoms with van der Waals surface area (Å²) < 4.78 is 33.3. The molecule has 1 aromatic carbocycles. The maximum Gasteiger partial charge on any atom is 0.260 e. The fraction of sp³-hybridized carbons (Fsp3) is 0.333. The van der Waals surface area contributed by atoms with E-state index in [0.717, 1.165) is 5.56 Å². The predicted molar refractivity (Wildman–Crippen MR) is 76.0 cm³/mol. The van der Waals surface area contributed by atoms with Crippen LogP contribution in [0.1, 0.15) is 29.6 Å². The van der Waals surface area contributed by atoms with Crippen molar-refractivity contribution in [2.24, 2.45) is 0 Å². The van der Waals surface area contributed by atoms with Gasteiger partial charge >= 0.3 is 0 Å². The summed E-state index contributed by atoms with van der Waals surface area (Å²) in [7, 11) is 1.54. The molecule has 1 aliphatic rings. The summed E-state index contributed by atoms with van der Waals surface area (Å²) in [5, 5.41) is 16.2. The molecule has 0 saturated heterocycles. The van der Waals surface area contributed by atoms with Gasteiger partial charge in [-0.2, -0.15) is 10.4 Å². The summed E-state index contributed by atoms with van der Waals surface area (Å²) in [4.78, 5) is 0. The number of fused-ring (bicyclic) bond motifs is 1. The van der Waals surface area contributed by atoms with Crippen LogP contribution >= 0.6 is 0 Å². The van der Waals surface area contributed by atoms with Crippen molar-refractivity contribution < 1.29 is 13.5 Å². The lowest BCUT2D eigenvalue weighted by Crippen LogP contribution is -2.31. The highest BCUT2D eigenvalue weighted by Crippen LogP contribution is 2.41. The van der Waals surface area contributed by atoms with Crippen molar-refractivity contribution in [2.45, 2.75) is 24.9 Å². The molecule has 1 aliphatic heterocycles. The first-order chi connectivity index (χ1) is 10.7. The molecule has 0 fully saturated rings. The van der Waals surface area contributed by atoms with Crippen LogP contribution in [0.5, 0.6) is 5.75 Å². The third kappa shape index (κ3) is 2.26. The van der Waals surface area contributed by atoms with Crippen molar-refractivity contribution in [3.63, 3.8) is 0 Å². The molecule has 0 unspecified atom stereocenters. The standard InChI is InChI=1S/C15H14F2N4O/c1-22-13-5-3-2-4-10(13)11-6-12(14(16)17)21-15(20-11)9(7-18)8-19-21/h2-5,8,11-12,14,20H,6H2,1H3/t11-,12-/m0/s1. The lowest BCUT2D eigenvalue weighted by atomic mass is 9.96. The molecule has 7 heteroatoms. The van der Waals surface area contributed by atoms with Gasteiger partial charge in [-0.3, -0.25) is 0 Å². The highest BCUT2D eigenvalue weighted by molar-refractivity contribution is 5.55. The van der Waals surface area contributed by atoms with Gasteiger partial charge in [-0.25, -0.2) is 13.5 Å². The van der Waals surface area contributed by atoms with Crippen LogP contribution in [0.25, 0.3) is 0 Å². The van der Waals surface area contributed by atoms with E-state index in [0.29, 0.717) is 11.6 Å². The van der Waals surface area contributed by atoms with Crippen molar-refractivity contribution >= 4 is 5.82 Å². The second-order valence-corrected chi connectivity index (χ2v) is 5.04. The van der Waals surface area contributed by atoms with Gasteiger partial charge in [0.1, 0.15) is 29.2 Å². The smallest absolute Gasteiger partial charge is 0.260 e. The second kappa shape index (κ2) is 5.64. The average molecular weight is 304 g/mol. The third-order valence-electron chi connectivity index (χ3n) is 3.82. The van der Waals surface area contributed by atoms with E-state index in [9.17, 15) is 8.78 Å². The zero-order chi connectivity index (χ0) is 15.7. The van der Waals surface area contributed by atoms with Crippen molar-refractivity contribution in [3.05, 3.63) is 41.6 Å². The Kier molecular flexibility index (Phi) is 3.67. The molecule has 1 N–H and O–H groups in total. The van der Waals surface area contributed by atoms with Crippen LogP contribution in [-0.4, -0.2) is 23.3 Å². The molecule has 0 radical (unpaired) electrons. The monoisotopic (exact) mass is 304 g/mol. The van der Waals surface area contributed by atoms with Crippen LogP contribution in [0.2, 0.25) is 0 Å². The molecule has 114 valence electrons. The Morgan fingerprint density at radius 3 is 2.91 bits per heavy atom. The number of halogens is 2. The van der Waals surface area contributed by atoms with Gasteiger partial charge in [-0.1, -0.05) is 18.2 Å². The lowest BCUT2D eigenvalue weighted by molar-refractivity contribution is 0.0657. The number of alkyl halides is 2. The molecular formula is C15H14F2N4O. The van der Waals surface area contributed by atoms with Crippen molar-refractivity contribution in [1.29, 1.82) is 5.26 Å². The lowest BCUT2D eigenvalue weighted by Gasteiger charge is -2.32. The van der Waals surface area contributed by atoms with E-state index < -0.39 is 12.5 Å². The van der Waals surface area contributed by atoms with E-state index in [-0.39, 0.29) is 18.0 Å². The molecule has 0 amide bonds. The molecule has 0 aliphatic carbocycles. The van der Waals surface area contributed by atoms with Crippen LogP contribution in [-0.2, 0) is 0 Å². The third-order valence-corrected chi connectivity index (χ3v) is 3.82. The van der Waals surface area contributed by atoms with E-state index in [1.165, 1.54) is 18.0 Å². The van der Waals surface area contributed by atoms with Crippen LogP contribution in [0.4, 0.5) is 14.6 Å². The normalized spacial score (nSPS) is 20.1. The number of hydrogen-bond acceptors (Lipinski definition) is 4. The molecule has 1 aromatic heterocycles. The molecule has 2 aromatic rings. The minimum atomic E-state index is -2.57. The number of nitrogens with zero attached hydrogens (tertiary/aromatic N) is 3. The maximum absolute atomic E-state index is 13.4. The second-order valence-electron chi connectivity index (χ2n) is 5.04. The predicted octanol–water partition coefficient (Wildman–Crippen LogP) is 3.13. The number of anilines is 1. The fourth-order valence-corrected chi connectivity index (χ4v) is 2.77. The Balaban J connectivity index is 2.04. The summed E-state index contributed by atoms with van der Waals surface area (Å²) in [6.45, 7) is 0. The van der Waals surface area contributed by atoms with E-state index in [1.807, 2.05) is 24.3 Å². The van der Waals surface area contributed by atoms with Crippen molar-refractivity contribution in [1.82, 2.24) is 9.78 Å². The number of nitrogens with one attached hydrogen (secondary N) is 1. The van der Waals surface area contributed by atoms with Gasteiger partial charge in [0, 0.05) is 5.56 Å². The summed E-state index contributed by atoms with van der Waals surface area (Å²) in [5.41, 5.74) is 1.04. The van der Waals surface area contributed by atoms with Crippen LogP contribution in [0, 0.1) is 11.3 Å². The summed E-state index contributed by atoms with van der Waals surface area (Å²) in [6, 6.07) is 7.79. The van der Waals surface area contributed by atoms with E-state index >= 15 is 0 Å². The van der Waals surface area contributed by atoms with Gasteiger partial charge in [-0.05, 0) is 12.5 Å². The van der Waals surface area contributed by atoms with E-state index in [4.69, 9.17) is 10.00 Å². The van der Waals surface area contributed by atoms with Gasteiger partial charge < -0.3 is 10.1 Å². The van der Waals surface area contributed by atoms with Crippen molar-refractivity contribution in [2.75, 3.05) is 12.4 Å². The quantitative estimate of drug-likeness (QED) is 0.946. The number of aromatic nitrogens is 2. The molecule has 2 atom stereocenters. The van der Waals surface area contributed by atoms with Crippen molar-refractivity contribution in [3.8, 4) is 11.8 Å². The van der Waals surface area contributed by atoms with E-state index in [2.05, 4.69) is 10.4 Å². The first-order valence-electron chi connectivity index (χ1n) is 6.81. The maximum atomic E-state index is 13.4. The topological polar surface area (TPSA) is 62.9 Å². The van der Waals surface area contributed by atoms with Gasteiger partial charge in [0.15, 0.2) is 0 Å². The SMILES string of the molecule is COc1ccccc1[C@@H]1C[C@@H](C(F)F)n2ncc(C#N)c2N1. The Bertz CT molecular complexity index is 723.